The average Bonchev–Trinajstić information content (AvgIpc) is 3.35. The van der Waals surface area contributed by atoms with Crippen LogP contribution in [0.25, 0.3) is 0 Å². The van der Waals surface area contributed by atoms with Gasteiger partial charge in [-0.15, -0.1) is 0 Å². The normalized spacial score (nSPS) is 12.4. The predicted molar refractivity (Wildman–Crippen MR) is 298 cm³/mol. The minimum atomic E-state index is -0.786. The smallest absolute Gasteiger partial charge is 0.306 e. The summed E-state index contributed by atoms with van der Waals surface area (Å²) in [5.41, 5.74) is 0. The van der Waals surface area contributed by atoms with Crippen LogP contribution >= 0.6 is 0 Å². The molecule has 0 bridgehead atoms. The molecule has 0 radical (unpaired) electrons. The molecular formula is C63H112O6. The quantitative estimate of drug-likeness (QED) is 0.0262. The highest BCUT2D eigenvalue weighted by atomic mass is 16.6. The number of rotatable bonds is 54. The molecule has 0 aliphatic rings. The number of carbonyl (C=O) groups excluding carboxylic acids is 3. The van der Waals surface area contributed by atoms with Crippen LogP contribution in [0.15, 0.2) is 60.8 Å². The largest absolute Gasteiger partial charge is 0.462 e. The number of esters is 3. The zero-order valence-corrected chi connectivity index (χ0v) is 45.8. The van der Waals surface area contributed by atoms with Crippen LogP contribution in [0, 0.1) is 0 Å². The van der Waals surface area contributed by atoms with Gasteiger partial charge in [0, 0.05) is 19.3 Å². The van der Waals surface area contributed by atoms with Crippen molar-refractivity contribution in [1.29, 1.82) is 0 Å². The average molecular weight is 966 g/mol. The Morgan fingerprint density at radius 3 is 0.855 bits per heavy atom. The monoisotopic (exact) mass is 965 g/mol. The molecule has 0 amide bonds. The van der Waals surface area contributed by atoms with Gasteiger partial charge < -0.3 is 14.2 Å². The van der Waals surface area contributed by atoms with E-state index in [1.165, 1.54) is 161 Å². The van der Waals surface area contributed by atoms with Gasteiger partial charge in [0.25, 0.3) is 0 Å². The van der Waals surface area contributed by atoms with Crippen molar-refractivity contribution in [2.24, 2.45) is 0 Å². The molecule has 0 saturated heterocycles. The first-order valence-corrected chi connectivity index (χ1v) is 29.8. The predicted octanol–water partition coefficient (Wildman–Crippen LogP) is 20.0. The van der Waals surface area contributed by atoms with Gasteiger partial charge in [0.1, 0.15) is 13.2 Å². The van der Waals surface area contributed by atoms with Gasteiger partial charge in [-0.05, 0) is 89.9 Å². The molecule has 0 fully saturated rings. The van der Waals surface area contributed by atoms with E-state index < -0.39 is 6.10 Å². The van der Waals surface area contributed by atoms with Crippen LogP contribution in [0.5, 0.6) is 0 Å². The first-order valence-electron chi connectivity index (χ1n) is 29.8. The fourth-order valence-corrected chi connectivity index (χ4v) is 8.48. The molecule has 0 heterocycles. The summed E-state index contributed by atoms with van der Waals surface area (Å²) in [6.07, 6.45) is 72.0. The molecule has 400 valence electrons. The first-order chi connectivity index (χ1) is 34.0. The fraction of sp³-hybridized carbons (Fsp3) is 0.794. The van der Waals surface area contributed by atoms with Crippen LogP contribution in [0.1, 0.15) is 303 Å². The van der Waals surface area contributed by atoms with E-state index in [1.807, 2.05) is 0 Å². The van der Waals surface area contributed by atoms with Crippen LogP contribution in [-0.2, 0) is 28.6 Å². The Hall–Kier alpha value is -2.89. The van der Waals surface area contributed by atoms with Gasteiger partial charge in [0.05, 0.1) is 0 Å². The van der Waals surface area contributed by atoms with Gasteiger partial charge in [0.2, 0.25) is 0 Å². The summed E-state index contributed by atoms with van der Waals surface area (Å²) >= 11 is 0. The van der Waals surface area contributed by atoms with Crippen molar-refractivity contribution in [3.05, 3.63) is 60.8 Å². The van der Waals surface area contributed by atoms with E-state index in [-0.39, 0.29) is 31.1 Å². The van der Waals surface area contributed by atoms with Crippen molar-refractivity contribution in [2.45, 2.75) is 309 Å². The molecule has 0 spiro atoms. The maximum absolute atomic E-state index is 12.9. The third-order valence-electron chi connectivity index (χ3n) is 13.0. The van der Waals surface area contributed by atoms with E-state index in [0.29, 0.717) is 19.3 Å². The Balaban J connectivity index is 4.40. The Bertz CT molecular complexity index is 1250. The van der Waals surface area contributed by atoms with E-state index in [9.17, 15) is 14.4 Å². The molecule has 6 nitrogen and oxygen atoms in total. The van der Waals surface area contributed by atoms with Gasteiger partial charge in [-0.25, -0.2) is 0 Å². The second kappa shape index (κ2) is 57.7. The highest BCUT2D eigenvalue weighted by molar-refractivity contribution is 5.71. The highest BCUT2D eigenvalue weighted by Crippen LogP contribution is 2.16. The lowest BCUT2D eigenvalue weighted by Gasteiger charge is -2.18. The van der Waals surface area contributed by atoms with Crippen LogP contribution in [0.4, 0.5) is 0 Å². The van der Waals surface area contributed by atoms with Crippen molar-refractivity contribution in [3.63, 3.8) is 0 Å². The molecule has 69 heavy (non-hydrogen) atoms. The highest BCUT2D eigenvalue weighted by Gasteiger charge is 2.19. The summed E-state index contributed by atoms with van der Waals surface area (Å²) in [4.78, 5) is 38.2. The van der Waals surface area contributed by atoms with Gasteiger partial charge in [-0.3, -0.25) is 14.4 Å². The zero-order chi connectivity index (χ0) is 50.0. The van der Waals surface area contributed by atoms with E-state index in [1.54, 1.807) is 0 Å². The number of carbonyl (C=O) groups is 3. The topological polar surface area (TPSA) is 78.9 Å². The summed E-state index contributed by atoms with van der Waals surface area (Å²) in [6.45, 7) is 6.61. The van der Waals surface area contributed by atoms with Crippen LogP contribution in [0.2, 0.25) is 0 Å². The molecule has 0 aliphatic carbocycles. The molecular weight excluding hydrogens is 853 g/mol. The van der Waals surface area contributed by atoms with Gasteiger partial charge in [-0.1, -0.05) is 255 Å². The fourth-order valence-electron chi connectivity index (χ4n) is 8.48. The number of hydrogen-bond acceptors (Lipinski definition) is 6. The Morgan fingerprint density at radius 2 is 0.522 bits per heavy atom. The standard InChI is InChI=1S/C63H112O6/c1-4-7-10-13-16-19-22-25-28-31-32-33-36-38-41-44-47-50-53-56-62(65)68-59-60(69-63(66)57-54-51-48-45-42-39-35-30-27-24-21-18-15-12-9-6-3)58-67-61(64)55-52-49-46-43-40-37-34-29-26-23-20-17-14-11-8-5-2/h16,19,21,24-25,28,30,32-33,35,60H,4-15,17-18,20,22-23,26-27,29,31,34,36-59H2,1-3H3/b19-16-,24-21-,28-25-,33-32-,35-30-. The molecule has 6 heteroatoms. The minimum Gasteiger partial charge on any atom is -0.462 e. The number of allylic oxidation sites excluding steroid dienone is 10. The maximum atomic E-state index is 12.9. The zero-order valence-electron chi connectivity index (χ0n) is 45.8. The van der Waals surface area contributed by atoms with E-state index >= 15 is 0 Å². The van der Waals surface area contributed by atoms with Gasteiger partial charge in [-0.2, -0.15) is 0 Å². The van der Waals surface area contributed by atoms with E-state index in [4.69, 9.17) is 14.2 Å². The Labute approximate surface area is 428 Å². The van der Waals surface area contributed by atoms with Gasteiger partial charge in [0.15, 0.2) is 6.10 Å². The molecule has 0 aromatic heterocycles. The molecule has 0 saturated carbocycles. The van der Waals surface area contributed by atoms with Crippen molar-refractivity contribution >= 4 is 17.9 Å². The lowest BCUT2D eigenvalue weighted by atomic mass is 10.0. The van der Waals surface area contributed by atoms with Crippen LogP contribution in [-0.4, -0.2) is 37.2 Å². The summed E-state index contributed by atoms with van der Waals surface area (Å²) in [5, 5.41) is 0. The summed E-state index contributed by atoms with van der Waals surface area (Å²) in [7, 11) is 0. The van der Waals surface area contributed by atoms with Gasteiger partial charge >= 0.3 is 17.9 Å². The molecule has 0 N–H and O–H groups in total. The summed E-state index contributed by atoms with van der Waals surface area (Å²) in [5.74, 6) is -0.895. The molecule has 0 aliphatic heterocycles. The van der Waals surface area contributed by atoms with Crippen molar-refractivity contribution < 1.29 is 28.6 Å². The lowest BCUT2D eigenvalue weighted by molar-refractivity contribution is -0.167. The molecule has 1 unspecified atom stereocenters. The molecule has 0 aromatic carbocycles. The van der Waals surface area contributed by atoms with Crippen molar-refractivity contribution in [1.82, 2.24) is 0 Å². The van der Waals surface area contributed by atoms with Crippen LogP contribution < -0.4 is 0 Å². The van der Waals surface area contributed by atoms with E-state index in [0.717, 1.165) is 103 Å². The van der Waals surface area contributed by atoms with Crippen molar-refractivity contribution in [2.75, 3.05) is 13.2 Å². The second-order valence-electron chi connectivity index (χ2n) is 19.9. The van der Waals surface area contributed by atoms with E-state index in [2.05, 4.69) is 81.5 Å². The number of ether oxygens (including phenoxy) is 3. The molecule has 0 rings (SSSR count). The molecule has 0 aromatic rings. The maximum Gasteiger partial charge on any atom is 0.306 e. The van der Waals surface area contributed by atoms with Crippen LogP contribution in [0.3, 0.4) is 0 Å². The minimum absolute atomic E-state index is 0.0816. The second-order valence-corrected chi connectivity index (χ2v) is 19.9. The summed E-state index contributed by atoms with van der Waals surface area (Å²) < 4.78 is 16.9. The number of hydrogen-bond donors (Lipinski definition) is 0. The first kappa shape index (κ1) is 66.1. The Kier molecular flexibility index (Phi) is 55.3. The third kappa shape index (κ3) is 55.9. The lowest BCUT2D eigenvalue weighted by Crippen LogP contribution is -2.30. The SMILES string of the molecule is CCCCC/C=C\C/C=C\C/C=C\CCCCCCCCC(=O)OCC(COC(=O)CCCCCCCCCCCCCCCCCC)OC(=O)CCCCCCC/C=C\C/C=C\CCCCCC. The Morgan fingerprint density at radius 1 is 0.290 bits per heavy atom. The third-order valence-corrected chi connectivity index (χ3v) is 13.0. The number of unbranched alkanes of at least 4 members (excludes halogenated alkanes) is 33. The van der Waals surface area contributed by atoms with Crippen molar-refractivity contribution in [3.8, 4) is 0 Å². The molecule has 1 atom stereocenters. The summed E-state index contributed by atoms with van der Waals surface area (Å²) in [6, 6.07) is 0.